The van der Waals surface area contributed by atoms with E-state index in [0.717, 1.165) is 37.5 Å². The SMILES string of the molecule is Cl.O=C(c1ccc(OCc2ccccc2)cc1)N1CCNCC1. The first kappa shape index (κ1) is 17.3. The number of carbonyl (C=O) groups excluding carboxylic acids is 1. The lowest BCUT2D eigenvalue weighted by Gasteiger charge is -2.27. The molecule has 5 heteroatoms. The van der Waals surface area contributed by atoms with Gasteiger partial charge in [0.2, 0.25) is 0 Å². The van der Waals surface area contributed by atoms with Crippen molar-refractivity contribution in [3.63, 3.8) is 0 Å². The molecule has 23 heavy (non-hydrogen) atoms. The van der Waals surface area contributed by atoms with E-state index in [2.05, 4.69) is 5.32 Å². The molecule has 0 aromatic heterocycles. The topological polar surface area (TPSA) is 41.6 Å². The van der Waals surface area contributed by atoms with Crippen molar-refractivity contribution < 1.29 is 9.53 Å². The predicted molar refractivity (Wildman–Crippen MR) is 93.2 cm³/mol. The fourth-order valence-electron chi connectivity index (χ4n) is 2.49. The molecular formula is C18H21ClN2O2. The molecule has 4 nitrogen and oxygen atoms in total. The number of ether oxygens (including phenoxy) is 1. The molecule has 0 spiro atoms. The number of hydrogen-bond donors (Lipinski definition) is 1. The molecule has 1 heterocycles. The van der Waals surface area contributed by atoms with Crippen molar-refractivity contribution in [2.45, 2.75) is 6.61 Å². The fourth-order valence-corrected chi connectivity index (χ4v) is 2.49. The average molecular weight is 333 g/mol. The van der Waals surface area contributed by atoms with Gasteiger partial charge in [0.15, 0.2) is 0 Å². The second-order valence-corrected chi connectivity index (χ2v) is 5.34. The molecule has 1 aliphatic rings. The summed E-state index contributed by atoms with van der Waals surface area (Å²) in [6.07, 6.45) is 0. The normalized spacial score (nSPS) is 14.0. The van der Waals surface area contributed by atoms with Gasteiger partial charge in [0.25, 0.3) is 5.91 Å². The number of rotatable bonds is 4. The van der Waals surface area contributed by atoms with Gasteiger partial charge >= 0.3 is 0 Å². The maximum atomic E-state index is 12.3. The van der Waals surface area contributed by atoms with Crippen molar-refractivity contribution >= 4 is 18.3 Å². The first-order chi connectivity index (χ1) is 10.8. The largest absolute Gasteiger partial charge is 0.489 e. The van der Waals surface area contributed by atoms with E-state index in [9.17, 15) is 4.79 Å². The van der Waals surface area contributed by atoms with Crippen LogP contribution < -0.4 is 10.1 Å². The maximum Gasteiger partial charge on any atom is 0.253 e. The van der Waals surface area contributed by atoms with Crippen LogP contribution in [0, 0.1) is 0 Å². The molecule has 0 aliphatic carbocycles. The summed E-state index contributed by atoms with van der Waals surface area (Å²) in [5.41, 5.74) is 1.84. The zero-order valence-corrected chi connectivity index (χ0v) is 13.7. The van der Waals surface area contributed by atoms with Gasteiger partial charge in [-0.1, -0.05) is 30.3 Å². The van der Waals surface area contributed by atoms with Crippen LogP contribution in [0.2, 0.25) is 0 Å². The Morgan fingerprint density at radius 3 is 2.30 bits per heavy atom. The van der Waals surface area contributed by atoms with E-state index in [0.29, 0.717) is 12.2 Å². The molecule has 0 saturated carbocycles. The van der Waals surface area contributed by atoms with Crippen molar-refractivity contribution in [2.24, 2.45) is 0 Å². The molecule has 0 atom stereocenters. The summed E-state index contributed by atoms with van der Waals surface area (Å²) >= 11 is 0. The van der Waals surface area contributed by atoms with E-state index in [-0.39, 0.29) is 18.3 Å². The summed E-state index contributed by atoms with van der Waals surface area (Å²) in [6, 6.07) is 17.4. The monoisotopic (exact) mass is 332 g/mol. The third-order valence-electron chi connectivity index (χ3n) is 3.75. The van der Waals surface area contributed by atoms with Crippen LogP contribution in [-0.4, -0.2) is 37.0 Å². The maximum absolute atomic E-state index is 12.3. The highest BCUT2D eigenvalue weighted by molar-refractivity contribution is 5.94. The van der Waals surface area contributed by atoms with E-state index in [1.165, 1.54) is 0 Å². The molecule has 0 bridgehead atoms. The van der Waals surface area contributed by atoms with Crippen molar-refractivity contribution in [3.05, 3.63) is 65.7 Å². The van der Waals surface area contributed by atoms with E-state index in [4.69, 9.17) is 4.74 Å². The summed E-state index contributed by atoms with van der Waals surface area (Å²) in [5.74, 6) is 0.872. The minimum Gasteiger partial charge on any atom is -0.489 e. The number of benzene rings is 2. The van der Waals surface area contributed by atoms with E-state index in [1.54, 1.807) is 0 Å². The van der Waals surface area contributed by atoms with Crippen molar-refractivity contribution in [3.8, 4) is 5.75 Å². The van der Waals surface area contributed by atoms with Gasteiger partial charge in [-0.25, -0.2) is 0 Å². The summed E-state index contributed by atoms with van der Waals surface area (Å²) < 4.78 is 5.74. The third kappa shape index (κ3) is 4.71. The first-order valence-corrected chi connectivity index (χ1v) is 7.60. The minimum atomic E-state index is 0. The molecule has 3 rings (SSSR count). The lowest BCUT2D eigenvalue weighted by atomic mass is 10.1. The molecule has 0 radical (unpaired) electrons. The van der Waals surface area contributed by atoms with Crippen molar-refractivity contribution in [1.29, 1.82) is 0 Å². The summed E-state index contributed by atoms with van der Waals surface area (Å²) in [4.78, 5) is 14.2. The van der Waals surface area contributed by atoms with E-state index >= 15 is 0 Å². The van der Waals surface area contributed by atoms with Crippen LogP contribution in [0.15, 0.2) is 54.6 Å². The molecule has 2 aromatic carbocycles. The molecular weight excluding hydrogens is 312 g/mol. The number of hydrogen-bond acceptors (Lipinski definition) is 3. The van der Waals surface area contributed by atoms with Crippen LogP contribution in [0.1, 0.15) is 15.9 Å². The Kier molecular flexibility index (Phi) is 6.44. The number of amides is 1. The predicted octanol–water partition coefficient (Wildman–Crippen LogP) is 2.73. The Bertz CT molecular complexity index is 611. The van der Waals surface area contributed by atoms with E-state index in [1.807, 2.05) is 59.5 Å². The van der Waals surface area contributed by atoms with Gasteiger partial charge in [-0.3, -0.25) is 4.79 Å². The molecule has 0 unspecified atom stereocenters. The van der Waals surface area contributed by atoms with Crippen molar-refractivity contribution in [1.82, 2.24) is 10.2 Å². The molecule has 1 saturated heterocycles. The molecule has 122 valence electrons. The Morgan fingerprint density at radius 2 is 1.65 bits per heavy atom. The summed E-state index contributed by atoms with van der Waals surface area (Å²) in [5, 5.41) is 3.25. The average Bonchev–Trinajstić information content (AvgIpc) is 2.61. The Morgan fingerprint density at radius 1 is 1.00 bits per heavy atom. The summed E-state index contributed by atoms with van der Waals surface area (Å²) in [6.45, 7) is 3.80. The fraction of sp³-hybridized carbons (Fsp3) is 0.278. The van der Waals surface area contributed by atoms with Crippen molar-refractivity contribution in [2.75, 3.05) is 26.2 Å². The quantitative estimate of drug-likeness (QED) is 0.936. The highest BCUT2D eigenvalue weighted by atomic mass is 35.5. The van der Waals surface area contributed by atoms with Crippen LogP contribution in [-0.2, 0) is 6.61 Å². The minimum absolute atomic E-state index is 0. The van der Waals surface area contributed by atoms with Gasteiger partial charge in [-0.2, -0.15) is 0 Å². The highest BCUT2D eigenvalue weighted by Crippen LogP contribution is 2.15. The molecule has 1 aliphatic heterocycles. The summed E-state index contributed by atoms with van der Waals surface area (Å²) in [7, 11) is 0. The smallest absolute Gasteiger partial charge is 0.253 e. The van der Waals surface area contributed by atoms with E-state index < -0.39 is 0 Å². The lowest BCUT2D eigenvalue weighted by Crippen LogP contribution is -2.46. The van der Waals surface area contributed by atoms with Gasteiger partial charge < -0.3 is 15.0 Å². The molecule has 1 N–H and O–H groups in total. The number of halogens is 1. The third-order valence-corrected chi connectivity index (χ3v) is 3.75. The van der Waals surface area contributed by atoms with Crippen LogP contribution in [0.4, 0.5) is 0 Å². The molecule has 1 amide bonds. The second kappa shape index (κ2) is 8.56. The Balaban J connectivity index is 0.00000192. The molecule has 2 aromatic rings. The molecule has 1 fully saturated rings. The Labute approximate surface area is 142 Å². The van der Waals surface area contributed by atoms with Crippen LogP contribution in [0.25, 0.3) is 0 Å². The van der Waals surface area contributed by atoms with Crippen LogP contribution in [0.3, 0.4) is 0 Å². The van der Waals surface area contributed by atoms with Gasteiger partial charge in [0.05, 0.1) is 0 Å². The number of piperazine rings is 1. The van der Waals surface area contributed by atoms with Crippen LogP contribution >= 0.6 is 12.4 Å². The van der Waals surface area contributed by atoms with Gasteiger partial charge in [-0.15, -0.1) is 12.4 Å². The highest BCUT2D eigenvalue weighted by Gasteiger charge is 2.17. The number of carbonyl (C=O) groups is 1. The zero-order chi connectivity index (χ0) is 15.2. The zero-order valence-electron chi connectivity index (χ0n) is 12.9. The van der Waals surface area contributed by atoms with Gasteiger partial charge in [0, 0.05) is 31.7 Å². The number of nitrogens with one attached hydrogen (secondary N) is 1. The standard InChI is InChI=1S/C18H20N2O2.ClH/c21-18(20-12-10-19-11-13-20)16-6-8-17(9-7-16)22-14-15-4-2-1-3-5-15;/h1-9,19H,10-14H2;1H. The first-order valence-electron chi connectivity index (χ1n) is 7.60. The van der Waals surface area contributed by atoms with Gasteiger partial charge in [0.1, 0.15) is 12.4 Å². The van der Waals surface area contributed by atoms with Gasteiger partial charge in [-0.05, 0) is 29.8 Å². The number of nitrogens with zero attached hydrogens (tertiary/aromatic N) is 1. The Hall–Kier alpha value is -2.04. The second-order valence-electron chi connectivity index (χ2n) is 5.34. The lowest BCUT2D eigenvalue weighted by molar-refractivity contribution is 0.0736. The van der Waals surface area contributed by atoms with Crippen LogP contribution in [0.5, 0.6) is 5.75 Å².